The maximum Gasteiger partial charge on any atom is 0.319 e. The van der Waals surface area contributed by atoms with Crippen LogP contribution in [0.5, 0.6) is 0 Å². The molecule has 0 aliphatic heterocycles. The zero-order valence-electron chi connectivity index (χ0n) is 14.9. The molecule has 0 aliphatic rings. The van der Waals surface area contributed by atoms with Crippen molar-refractivity contribution in [2.75, 3.05) is 11.9 Å². The molecule has 0 saturated heterocycles. The van der Waals surface area contributed by atoms with E-state index < -0.39 is 11.6 Å². The van der Waals surface area contributed by atoms with E-state index in [2.05, 4.69) is 29.6 Å². The molecule has 2 rings (SSSR count). The Morgan fingerprint density at radius 1 is 1.46 bits per heavy atom. The summed E-state index contributed by atoms with van der Waals surface area (Å²) < 4.78 is 7.22. The van der Waals surface area contributed by atoms with Crippen LogP contribution in [0.4, 0.5) is 10.5 Å². The van der Waals surface area contributed by atoms with E-state index in [1.807, 2.05) is 6.92 Å². The number of nitrogens with zero attached hydrogens (tertiary/aromatic N) is 2. The summed E-state index contributed by atoms with van der Waals surface area (Å²) in [5.41, 5.74) is 0.0780. The molecule has 24 heavy (non-hydrogen) atoms. The lowest BCUT2D eigenvalue weighted by Gasteiger charge is -2.23. The molecule has 0 aromatic carbocycles. The Morgan fingerprint density at radius 3 is 2.75 bits per heavy atom. The van der Waals surface area contributed by atoms with Crippen molar-refractivity contribution in [3.63, 3.8) is 0 Å². The van der Waals surface area contributed by atoms with Gasteiger partial charge >= 0.3 is 6.03 Å². The van der Waals surface area contributed by atoms with E-state index in [4.69, 9.17) is 4.42 Å². The van der Waals surface area contributed by atoms with Crippen LogP contribution in [0.2, 0.25) is 0 Å². The van der Waals surface area contributed by atoms with E-state index in [1.165, 1.54) is 0 Å². The first-order valence-electron chi connectivity index (χ1n) is 8.04. The summed E-state index contributed by atoms with van der Waals surface area (Å²) in [6.45, 7) is 10.3. The Hall–Kier alpha value is -2.28. The van der Waals surface area contributed by atoms with Crippen molar-refractivity contribution in [3.05, 3.63) is 35.5 Å². The van der Waals surface area contributed by atoms with Crippen LogP contribution in [0.1, 0.15) is 37.9 Å². The normalized spacial score (nSPS) is 13.8. The molecule has 7 nitrogen and oxygen atoms in total. The first-order valence-corrected chi connectivity index (χ1v) is 8.04. The molecule has 0 spiro atoms. The molecule has 2 amide bonds. The van der Waals surface area contributed by atoms with Gasteiger partial charge in [-0.3, -0.25) is 4.68 Å². The molecule has 1 atom stereocenters. The second-order valence-corrected chi connectivity index (χ2v) is 6.75. The Bertz CT molecular complexity index is 701. The monoisotopic (exact) mass is 334 g/mol. The highest BCUT2D eigenvalue weighted by Crippen LogP contribution is 2.26. The lowest BCUT2D eigenvalue weighted by molar-refractivity contribution is 0.0584. The van der Waals surface area contributed by atoms with E-state index in [1.54, 1.807) is 37.0 Å². The number of furan rings is 1. The molecule has 0 aliphatic carbocycles. The topological polar surface area (TPSA) is 92.3 Å². The van der Waals surface area contributed by atoms with Gasteiger partial charge in [0.2, 0.25) is 0 Å². The summed E-state index contributed by atoms with van der Waals surface area (Å²) in [5.74, 6) is 1.85. The number of aromatic nitrogens is 2. The van der Waals surface area contributed by atoms with Gasteiger partial charge in [-0.1, -0.05) is 13.8 Å². The molecular formula is C17H26N4O3. The summed E-state index contributed by atoms with van der Waals surface area (Å²) in [7, 11) is 0. The number of hydrogen-bond acceptors (Lipinski definition) is 4. The Kier molecular flexibility index (Phi) is 5.33. The summed E-state index contributed by atoms with van der Waals surface area (Å²) in [4.78, 5) is 12.0. The van der Waals surface area contributed by atoms with Gasteiger partial charge in [0.1, 0.15) is 17.1 Å². The van der Waals surface area contributed by atoms with Gasteiger partial charge in [0.05, 0.1) is 18.4 Å². The Labute approximate surface area is 142 Å². The fraction of sp³-hybridized carbons (Fsp3) is 0.529. The van der Waals surface area contributed by atoms with Crippen LogP contribution in [-0.2, 0) is 12.1 Å². The number of anilines is 1. The minimum absolute atomic E-state index is 0.0682. The highest BCUT2D eigenvalue weighted by atomic mass is 16.3. The average molecular weight is 334 g/mol. The molecular weight excluding hydrogens is 308 g/mol. The van der Waals surface area contributed by atoms with Gasteiger partial charge in [-0.15, -0.1) is 0 Å². The predicted octanol–water partition coefficient (Wildman–Crippen LogP) is 2.78. The second kappa shape index (κ2) is 7.09. The molecule has 1 unspecified atom stereocenters. The maximum atomic E-state index is 12.0. The molecule has 0 saturated carbocycles. The van der Waals surface area contributed by atoms with Crippen molar-refractivity contribution in [1.29, 1.82) is 0 Å². The van der Waals surface area contributed by atoms with E-state index in [0.29, 0.717) is 22.9 Å². The standard InChI is InChI=1S/C17H26N4O3/c1-11(2)8-21-9-14(7-19-21)20-16(22)18-10-17(5,23)15-6-12(3)24-13(15)4/h6-7,9,11,23H,8,10H2,1-5H3,(H2,18,20,22). The largest absolute Gasteiger partial charge is 0.466 e. The SMILES string of the molecule is Cc1cc(C(C)(O)CNC(=O)Nc2cnn(CC(C)C)c2)c(C)o1. The third-order valence-corrected chi connectivity index (χ3v) is 3.66. The fourth-order valence-electron chi connectivity index (χ4n) is 2.59. The number of amides is 2. The van der Waals surface area contributed by atoms with Crippen molar-refractivity contribution in [1.82, 2.24) is 15.1 Å². The molecule has 2 aromatic rings. The van der Waals surface area contributed by atoms with Crippen LogP contribution in [-0.4, -0.2) is 27.5 Å². The first-order chi connectivity index (χ1) is 11.2. The number of urea groups is 1. The van der Waals surface area contributed by atoms with Gasteiger partial charge in [-0.05, 0) is 32.8 Å². The second-order valence-electron chi connectivity index (χ2n) is 6.75. The van der Waals surface area contributed by atoms with Gasteiger partial charge in [-0.25, -0.2) is 4.79 Å². The fourth-order valence-corrected chi connectivity index (χ4v) is 2.59. The zero-order valence-corrected chi connectivity index (χ0v) is 14.9. The number of hydrogen-bond donors (Lipinski definition) is 3. The average Bonchev–Trinajstić information content (AvgIpc) is 3.02. The van der Waals surface area contributed by atoms with Crippen LogP contribution in [0.25, 0.3) is 0 Å². The summed E-state index contributed by atoms with van der Waals surface area (Å²) >= 11 is 0. The van der Waals surface area contributed by atoms with E-state index in [0.717, 1.165) is 12.3 Å². The van der Waals surface area contributed by atoms with E-state index in [-0.39, 0.29) is 6.54 Å². The Morgan fingerprint density at radius 2 is 2.17 bits per heavy atom. The van der Waals surface area contributed by atoms with E-state index in [9.17, 15) is 9.90 Å². The molecule has 7 heteroatoms. The number of carbonyl (C=O) groups excluding carboxylic acids is 1. The van der Waals surface area contributed by atoms with Gasteiger partial charge in [0, 0.05) is 18.3 Å². The quantitative estimate of drug-likeness (QED) is 0.757. The van der Waals surface area contributed by atoms with Gasteiger partial charge < -0.3 is 20.2 Å². The minimum atomic E-state index is -1.21. The molecule has 0 bridgehead atoms. The predicted molar refractivity (Wildman–Crippen MR) is 91.8 cm³/mol. The van der Waals surface area contributed by atoms with Gasteiger partial charge in [-0.2, -0.15) is 5.10 Å². The Balaban J connectivity index is 1.90. The summed E-state index contributed by atoms with van der Waals surface area (Å²) in [5, 5.41) is 20.2. The van der Waals surface area contributed by atoms with Crippen LogP contribution in [0, 0.1) is 19.8 Å². The van der Waals surface area contributed by atoms with Crippen molar-refractivity contribution in [2.24, 2.45) is 5.92 Å². The lowest BCUT2D eigenvalue weighted by Crippen LogP contribution is -2.40. The number of rotatable bonds is 6. The molecule has 2 aromatic heterocycles. The molecule has 3 N–H and O–H groups in total. The van der Waals surface area contributed by atoms with Crippen LogP contribution < -0.4 is 10.6 Å². The van der Waals surface area contributed by atoms with E-state index >= 15 is 0 Å². The third kappa shape index (κ3) is 4.61. The molecule has 2 heterocycles. The number of carbonyl (C=O) groups is 1. The lowest BCUT2D eigenvalue weighted by atomic mass is 9.96. The highest BCUT2D eigenvalue weighted by Gasteiger charge is 2.28. The highest BCUT2D eigenvalue weighted by molar-refractivity contribution is 5.88. The number of aliphatic hydroxyl groups is 1. The van der Waals surface area contributed by atoms with Crippen LogP contribution in [0.15, 0.2) is 22.9 Å². The zero-order chi connectivity index (χ0) is 17.9. The summed E-state index contributed by atoms with van der Waals surface area (Å²) in [6, 6.07) is 1.39. The molecule has 0 radical (unpaired) electrons. The van der Waals surface area contributed by atoms with Crippen molar-refractivity contribution < 1.29 is 14.3 Å². The summed E-state index contributed by atoms with van der Waals surface area (Å²) in [6.07, 6.45) is 3.38. The first kappa shape index (κ1) is 18.1. The number of aryl methyl sites for hydroxylation is 2. The van der Waals surface area contributed by atoms with Crippen molar-refractivity contribution in [3.8, 4) is 0 Å². The van der Waals surface area contributed by atoms with Gasteiger partial charge in [0.25, 0.3) is 0 Å². The smallest absolute Gasteiger partial charge is 0.319 e. The molecule has 132 valence electrons. The van der Waals surface area contributed by atoms with Crippen LogP contribution >= 0.6 is 0 Å². The minimum Gasteiger partial charge on any atom is -0.466 e. The number of nitrogens with one attached hydrogen (secondary N) is 2. The molecule has 0 fully saturated rings. The van der Waals surface area contributed by atoms with Crippen molar-refractivity contribution in [2.45, 2.75) is 46.8 Å². The maximum absolute atomic E-state index is 12.0. The third-order valence-electron chi connectivity index (χ3n) is 3.66. The van der Waals surface area contributed by atoms with Crippen molar-refractivity contribution >= 4 is 11.7 Å². The van der Waals surface area contributed by atoms with Crippen LogP contribution in [0.3, 0.4) is 0 Å². The van der Waals surface area contributed by atoms with Gasteiger partial charge in [0.15, 0.2) is 0 Å².